The van der Waals surface area contributed by atoms with Crippen LogP contribution in [0.1, 0.15) is 5.56 Å². The van der Waals surface area contributed by atoms with Crippen LogP contribution < -0.4 is 5.73 Å². The summed E-state index contributed by atoms with van der Waals surface area (Å²) in [4.78, 5) is 0. The minimum Gasteiger partial charge on any atom is -0.320 e. The Balaban J connectivity index is 3.52. The second-order valence-electron chi connectivity index (χ2n) is 2.45. The number of hydrogen-bond acceptors (Lipinski definition) is 1. The maximum atomic E-state index is 12.9. The molecule has 0 amide bonds. The van der Waals surface area contributed by atoms with Gasteiger partial charge < -0.3 is 5.73 Å². The van der Waals surface area contributed by atoms with Crippen molar-refractivity contribution in [3.05, 3.63) is 34.6 Å². The summed E-state index contributed by atoms with van der Waals surface area (Å²) < 4.78 is 63.4. The molecule has 0 atom stereocenters. The molecule has 0 radical (unpaired) electrons. The van der Waals surface area contributed by atoms with Gasteiger partial charge in [-0.2, -0.15) is 0 Å². The van der Waals surface area contributed by atoms with Gasteiger partial charge in [-0.15, -0.1) is 0 Å². The summed E-state index contributed by atoms with van der Waals surface area (Å²) >= 11 is 0. The Bertz CT molecular complexity index is 429. The molecule has 0 aliphatic rings. The molecule has 1 aromatic rings. The summed E-state index contributed by atoms with van der Waals surface area (Å²) in [6.45, 7) is -0.251. The molecule has 0 aliphatic carbocycles. The second-order valence-corrected chi connectivity index (χ2v) is 2.45. The maximum absolute atomic E-state index is 12.9. The molecule has 0 fully saturated rings. The molecule has 2 N–H and O–H groups in total. The minimum absolute atomic E-state index is 0.251. The van der Waals surface area contributed by atoms with Crippen LogP contribution in [0.2, 0.25) is 0 Å². The Hall–Kier alpha value is -1.61. The molecule has 1 aromatic carbocycles. The zero-order valence-corrected chi connectivity index (χ0v) is 7.17. The Labute approximate surface area is 81.7 Å². The molecular formula is C9H4F5N. The molecule has 0 spiro atoms. The van der Waals surface area contributed by atoms with E-state index >= 15 is 0 Å². The number of rotatable bonds is 0. The van der Waals surface area contributed by atoms with Crippen molar-refractivity contribution >= 4 is 0 Å². The summed E-state index contributed by atoms with van der Waals surface area (Å²) in [6.07, 6.45) is 0. The monoisotopic (exact) mass is 221 g/mol. The van der Waals surface area contributed by atoms with E-state index in [9.17, 15) is 22.0 Å². The predicted molar refractivity (Wildman–Crippen MR) is 42.2 cm³/mol. The van der Waals surface area contributed by atoms with Crippen molar-refractivity contribution in [2.45, 2.75) is 0 Å². The largest absolute Gasteiger partial charge is 0.320 e. The Kier molecular flexibility index (Phi) is 3.27. The first-order valence-electron chi connectivity index (χ1n) is 3.71. The van der Waals surface area contributed by atoms with Gasteiger partial charge in [-0.1, -0.05) is 11.8 Å². The smallest absolute Gasteiger partial charge is 0.200 e. The van der Waals surface area contributed by atoms with E-state index in [1.165, 1.54) is 0 Å². The third-order valence-electron chi connectivity index (χ3n) is 1.53. The van der Waals surface area contributed by atoms with Crippen molar-refractivity contribution in [1.82, 2.24) is 0 Å². The van der Waals surface area contributed by atoms with Crippen LogP contribution >= 0.6 is 0 Å². The molecule has 0 unspecified atom stereocenters. The van der Waals surface area contributed by atoms with Crippen molar-refractivity contribution in [2.24, 2.45) is 5.73 Å². The topological polar surface area (TPSA) is 26.0 Å². The molecular weight excluding hydrogens is 217 g/mol. The third-order valence-corrected chi connectivity index (χ3v) is 1.53. The first kappa shape index (κ1) is 11.5. The van der Waals surface area contributed by atoms with Crippen molar-refractivity contribution in [3.8, 4) is 11.8 Å². The number of hydrogen-bond donors (Lipinski definition) is 1. The van der Waals surface area contributed by atoms with Gasteiger partial charge in [-0.05, 0) is 0 Å². The summed E-state index contributed by atoms with van der Waals surface area (Å²) in [5.41, 5.74) is 3.73. The average molecular weight is 221 g/mol. The van der Waals surface area contributed by atoms with E-state index in [-0.39, 0.29) is 6.54 Å². The molecule has 0 aliphatic heterocycles. The van der Waals surface area contributed by atoms with Gasteiger partial charge in [0.1, 0.15) is 5.56 Å². The molecule has 0 saturated heterocycles. The maximum Gasteiger partial charge on any atom is 0.200 e. The lowest BCUT2D eigenvalue weighted by Crippen LogP contribution is -2.05. The van der Waals surface area contributed by atoms with Crippen molar-refractivity contribution in [1.29, 1.82) is 0 Å². The van der Waals surface area contributed by atoms with Crippen LogP contribution in [-0.4, -0.2) is 6.54 Å². The lowest BCUT2D eigenvalue weighted by atomic mass is 10.1. The van der Waals surface area contributed by atoms with Gasteiger partial charge in [0.2, 0.25) is 5.82 Å². The third kappa shape index (κ3) is 1.92. The van der Waals surface area contributed by atoms with Crippen LogP contribution in [0.15, 0.2) is 0 Å². The highest BCUT2D eigenvalue weighted by Gasteiger charge is 2.24. The predicted octanol–water partition coefficient (Wildman–Crippen LogP) is 1.69. The fourth-order valence-electron chi connectivity index (χ4n) is 0.854. The van der Waals surface area contributed by atoms with Crippen LogP contribution in [0.5, 0.6) is 0 Å². The van der Waals surface area contributed by atoms with E-state index < -0.39 is 34.6 Å². The Morgan fingerprint density at radius 3 is 1.60 bits per heavy atom. The van der Waals surface area contributed by atoms with Crippen LogP contribution in [0.4, 0.5) is 22.0 Å². The lowest BCUT2D eigenvalue weighted by molar-refractivity contribution is 0.376. The first-order valence-corrected chi connectivity index (χ1v) is 3.71. The number of halogens is 5. The minimum atomic E-state index is -2.21. The summed E-state index contributed by atoms with van der Waals surface area (Å²) in [5, 5.41) is 0. The first-order chi connectivity index (χ1) is 7.00. The van der Waals surface area contributed by atoms with Gasteiger partial charge in [0.25, 0.3) is 0 Å². The van der Waals surface area contributed by atoms with Crippen LogP contribution in [0.3, 0.4) is 0 Å². The molecule has 0 bridgehead atoms. The van der Waals surface area contributed by atoms with E-state index in [4.69, 9.17) is 5.73 Å². The van der Waals surface area contributed by atoms with Gasteiger partial charge in [0.05, 0.1) is 6.54 Å². The highest BCUT2D eigenvalue weighted by Crippen LogP contribution is 2.21. The molecule has 1 nitrogen and oxygen atoms in total. The van der Waals surface area contributed by atoms with Crippen LogP contribution in [-0.2, 0) is 0 Å². The van der Waals surface area contributed by atoms with E-state index in [0.717, 1.165) is 0 Å². The summed E-state index contributed by atoms with van der Waals surface area (Å²) in [6, 6.07) is 0. The van der Waals surface area contributed by atoms with Gasteiger partial charge in [0, 0.05) is 0 Å². The van der Waals surface area contributed by atoms with Crippen molar-refractivity contribution in [3.63, 3.8) is 0 Å². The molecule has 0 heterocycles. The molecule has 6 heteroatoms. The number of nitrogens with two attached hydrogens (primary N) is 1. The molecule has 0 saturated carbocycles. The SMILES string of the molecule is NCC#Cc1c(F)c(F)c(F)c(F)c1F. The lowest BCUT2D eigenvalue weighted by Gasteiger charge is -2.01. The molecule has 0 aromatic heterocycles. The standard InChI is InChI=1S/C9H4F5N/c10-5-4(2-1-3-15)6(11)8(13)9(14)7(5)12/h3,15H2. The van der Waals surface area contributed by atoms with E-state index in [1.54, 1.807) is 5.92 Å². The van der Waals surface area contributed by atoms with Gasteiger partial charge in [0.15, 0.2) is 23.3 Å². The van der Waals surface area contributed by atoms with Crippen LogP contribution in [0, 0.1) is 40.9 Å². The van der Waals surface area contributed by atoms with Crippen molar-refractivity contribution in [2.75, 3.05) is 6.54 Å². The quantitative estimate of drug-likeness (QED) is 0.307. The molecule has 1 rings (SSSR count). The van der Waals surface area contributed by atoms with Crippen LogP contribution in [0.25, 0.3) is 0 Å². The molecule has 80 valence electrons. The van der Waals surface area contributed by atoms with E-state index in [0.29, 0.717) is 0 Å². The highest BCUT2D eigenvalue weighted by molar-refractivity contribution is 5.38. The van der Waals surface area contributed by atoms with E-state index in [1.807, 2.05) is 5.92 Å². The zero-order valence-electron chi connectivity index (χ0n) is 7.17. The zero-order chi connectivity index (χ0) is 11.6. The normalized spacial score (nSPS) is 9.73. The fraction of sp³-hybridized carbons (Fsp3) is 0.111. The van der Waals surface area contributed by atoms with E-state index in [2.05, 4.69) is 0 Å². The highest BCUT2D eigenvalue weighted by atomic mass is 19.2. The van der Waals surface area contributed by atoms with Gasteiger partial charge in [-0.25, -0.2) is 22.0 Å². The van der Waals surface area contributed by atoms with Crippen molar-refractivity contribution < 1.29 is 22.0 Å². The summed E-state index contributed by atoms with van der Waals surface area (Å²) in [5.74, 6) is -6.36. The Morgan fingerprint density at radius 1 is 0.800 bits per heavy atom. The number of benzene rings is 1. The molecule has 15 heavy (non-hydrogen) atoms. The Morgan fingerprint density at radius 2 is 1.20 bits per heavy atom. The summed E-state index contributed by atoms with van der Waals surface area (Å²) in [7, 11) is 0. The van der Waals surface area contributed by atoms with Gasteiger partial charge in [-0.3, -0.25) is 0 Å². The van der Waals surface area contributed by atoms with Gasteiger partial charge >= 0.3 is 0 Å². The second kappa shape index (κ2) is 4.28. The fourth-order valence-corrected chi connectivity index (χ4v) is 0.854. The average Bonchev–Trinajstić information content (AvgIpc) is 2.24.